The summed E-state index contributed by atoms with van der Waals surface area (Å²) in [5.41, 5.74) is 3.90. The van der Waals surface area contributed by atoms with E-state index in [2.05, 4.69) is 30.7 Å². The van der Waals surface area contributed by atoms with Crippen molar-refractivity contribution in [3.63, 3.8) is 0 Å². The normalized spacial score (nSPS) is 11.9. The Hall–Kier alpha value is -3.01. The SMILES string of the molecule is CCCCCCCCCCCc1cnc(-c2ccc(OC(=O)c3ccc(CC(C)CC)cc3)cc2)nc1. The van der Waals surface area contributed by atoms with Crippen molar-refractivity contribution in [3.8, 4) is 17.1 Å². The van der Waals surface area contributed by atoms with Crippen molar-refractivity contribution in [2.24, 2.45) is 5.92 Å². The maximum Gasteiger partial charge on any atom is 0.343 e. The van der Waals surface area contributed by atoms with Crippen molar-refractivity contribution in [2.75, 3.05) is 0 Å². The molecular weight excluding hydrogens is 456 g/mol. The van der Waals surface area contributed by atoms with Crippen LogP contribution in [0.4, 0.5) is 0 Å². The van der Waals surface area contributed by atoms with E-state index in [1.807, 2.05) is 48.8 Å². The van der Waals surface area contributed by atoms with Gasteiger partial charge in [0.15, 0.2) is 5.82 Å². The molecule has 1 unspecified atom stereocenters. The first-order chi connectivity index (χ1) is 18.1. The van der Waals surface area contributed by atoms with Gasteiger partial charge in [-0.15, -0.1) is 0 Å². The van der Waals surface area contributed by atoms with Crippen molar-refractivity contribution in [1.82, 2.24) is 9.97 Å². The van der Waals surface area contributed by atoms with Crippen LogP contribution in [-0.4, -0.2) is 15.9 Å². The fourth-order valence-electron chi connectivity index (χ4n) is 4.43. The van der Waals surface area contributed by atoms with Crippen molar-refractivity contribution in [1.29, 1.82) is 0 Å². The van der Waals surface area contributed by atoms with Gasteiger partial charge in [-0.25, -0.2) is 14.8 Å². The zero-order valence-electron chi connectivity index (χ0n) is 23.0. The molecular formula is C33H44N2O2. The lowest BCUT2D eigenvalue weighted by Gasteiger charge is -2.09. The fourth-order valence-corrected chi connectivity index (χ4v) is 4.43. The van der Waals surface area contributed by atoms with E-state index >= 15 is 0 Å². The second-order valence-corrected chi connectivity index (χ2v) is 10.3. The predicted octanol–water partition coefficient (Wildman–Crippen LogP) is 9.02. The molecule has 1 heterocycles. The van der Waals surface area contributed by atoms with Crippen molar-refractivity contribution < 1.29 is 9.53 Å². The molecule has 0 saturated heterocycles. The summed E-state index contributed by atoms with van der Waals surface area (Å²) in [6.45, 7) is 6.70. The molecule has 0 fully saturated rings. The number of carbonyl (C=O) groups excluding carboxylic acids is 1. The molecule has 1 atom stereocenters. The zero-order chi connectivity index (χ0) is 26.3. The second-order valence-electron chi connectivity index (χ2n) is 10.3. The smallest absolute Gasteiger partial charge is 0.343 e. The van der Waals surface area contributed by atoms with Crippen LogP contribution in [-0.2, 0) is 12.8 Å². The number of unbranched alkanes of at least 4 members (excludes halogenated alkanes) is 8. The van der Waals surface area contributed by atoms with Gasteiger partial charge in [0.1, 0.15) is 5.75 Å². The Labute approximate surface area is 223 Å². The van der Waals surface area contributed by atoms with Crippen LogP contribution in [0, 0.1) is 5.92 Å². The van der Waals surface area contributed by atoms with Gasteiger partial charge in [0.2, 0.25) is 0 Å². The van der Waals surface area contributed by atoms with Crippen molar-refractivity contribution in [3.05, 3.63) is 77.6 Å². The lowest BCUT2D eigenvalue weighted by atomic mass is 9.98. The molecule has 0 spiro atoms. The summed E-state index contributed by atoms with van der Waals surface area (Å²) >= 11 is 0. The largest absolute Gasteiger partial charge is 0.423 e. The quantitative estimate of drug-likeness (QED) is 0.112. The molecule has 3 aromatic rings. The average molecular weight is 501 g/mol. The van der Waals surface area contributed by atoms with Crippen LogP contribution in [0.3, 0.4) is 0 Å². The third kappa shape index (κ3) is 10.1. The van der Waals surface area contributed by atoms with Gasteiger partial charge < -0.3 is 4.74 Å². The highest BCUT2D eigenvalue weighted by atomic mass is 16.5. The zero-order valence-corrected chi connectivity index (χ0v) is 23.0. The van der Waals surface area contributed by atoms with E-state index < -0.39 is 0 Å². The maximum absolute atomic E-state index is 12.5. The van der Waals surface area contributed by atoms with Crippen LogP contribution in [0.1, 0.15) is 106 Å². The molecule has 2 aromatic carbocycles. The van der Waals surface area contributed by atoms with Gasteiger partial charge in [0, 0.05) is 18.0 Å². The van der Waals surface area contributed by atoms with Gasteiger partial charge in [-0.1, -0.05) is 90.7 Å². The summed E-state index contributed by atoms with van der Waals surface area (Å²) in [6.07, 6.45) is 19.1. The Morgan fingerprint density at radius 1 is 0.757 bits per heavy atom. The highest BCUT2D eigenvalue weighted by molar-refractivity contribution is 5.91. The van der Waals surface area contributed by atoms with Crippen LogP contribution in [0.15, 0.2) is 60.9 Å². The number of ether oxygens (including phenoxy) is 1. The molecule has 4 heteroatoms. The van der Waals surface area contributed by atoms with Crippen LogP contribution in [0.25, 0.3) is 11.4 Å². The first kappa shape index (κ1) is 28.6. The molecule has 4 nitrogen and oxygen atoms in total. The van der Waals surface area contributed by atoms with Crippen LogP contribution in [0.5, 0.6) is 5.75 Å². The minimum absolute atomic E-state index is 0.347. The third-order valence-electron chi connectivity index (χ3n) is 7.07. The Morgan fingerprint density at radius 2 is 1.35 bits per heavy atom. The Balaban J connectivity index is 1.42. The molecule has 0 bridgehead atoms. The Bertz CT molecular complexity index is 1040. The van der Waals surface area contributed by atoms with Crippen LogP contribution < -0.4 is 4.74 Å². The van der Waals surface area contributed by atoms with Gasteiger partial charge in [-0.3, -0.25) is 0 Å². The van der Waals surface area contributed by atoms with E-state index in [0.29, 0.717) is 23.1 Å². The minimum atomic E-state index is -0.347. The van der Waals surface area contributed by atoms with Gasteiger partial charge >= 0.3 is 5.97 Å². The monoisotopic (exact) mass is 500 g/mol. The first-order valence-corrected chi connectivity index (χ1v) is 14.3. The number of aromatic nitrogens is 2. The van der Waals surface area contributed by atoms with Crippen molar-refractivity contribution >= 4 is 5.97 Å². The van der Waals surface area contributed by atoms with E-state index in [1.165, 1.54) is 68.9 Å². The molecule has 0 aliphatic carbocycles. The number of carbonyl (C=O) groups is 1. The van der Waals surface area contributed by atoms with E-state index in [9.17, 15) is 4.79 Å². The van der Waals surface area contributed by atoms with E-state index in [1.54, 1.807) is 12.1 Å². The van der Waals surface area contributed by atoms with E-state index in [4.69, 9.17) is 4.74 Å². The highest BCUT2D eigenvalue weighted by Crippen LogP contribution is 2.21. The average Bonchev–Trinajstić information content (AvgIpc) is 2.93. The molecule has 0 N–H and O–H groups in total. The van der Waals surface area contributed by atoms with E-state index in [-0.39, 0.29) is 5.97 Å². The molecule has 37 heavy (non-hydrogen) atoms. The third-order valence-corrected chi connectivity index (χ3v) is 7.07. The molecule has 0 radical (unpaired) electrons. The molecule has 3 rings (SSSR count). The molecule has 0 amide bonds. The molecule has 198 valence electrons. The first-order valence-electron chi connectivity index (χ1n) is 14.3. The summed E-state index contributed by atoms with van der Waals surface area (Å²) in [5.74, 6) is 1.49. The summed E-state index contributed by atoms with van der Waals surface area (Å²) in [7, 11) is 0. The predicted molar refractivity (Wildman–Crippen MR) is 153 cm³/mol. The fraction of sp³-hybridized carbons (Fsp3) is 0.485. The van der Waals surface area contributed by atoms with Gasteiger partial charge in [-0.05, 0) is 72.7 Å². The van der Waals surface area contributed by atoms with Gasteiger partial charge in [0.05, 0.1) is 5.56 Å². The number of nitrogens with zero attached hydrogens (tertiary/aromatic N) is 2. The number of esters is 1. The van der Waals surface area contributed by atoms with Crippen LogP contribution in [0.2, 0.25) is 0 Å². The molecule has 0 aliphatic heterocycles. The summed E-state index contributed by atoms with van der Waals surface area (Å²) < 4.78 is 5.57. The number of rotatable bonds is 16. The number of hydrogen-bond acceptors (Lipinski definition) is 4. The molecule has 0 saturated carbocycles. The maximum atomic E-state index is 12.5. The number of hydrogen-bond donors (Lipinski definition) is 0. The summed E-state index contributed by atoms with van der Waals surface area (Å²) in [4.78, 5) is 21.7. The van der Waals surface area contributed by atoms with E-state index in [0.717, 1.165) is 24.8 Å². The number of aryl methyl sites for hydroxylation is 1. The minimum Gasteiger partial charge on any atom is -0.423 e. The summed E-state index contributed by atoms with van der Waals surface area (Å²) in [5, 5.41) is 0. The standard InChI is InChI=1S/C33H44N2O2/c1-4-6-7-8-9-10-11-12-13-14-28-24-34-32(35-25-28)29-19-21-31(22-20-29)37-33(36)30-17-15-27(16-18-30)23-26(3)5-2/h15-22,24-26H,4-14,23H2,1-3H3. The second kappa shape index (κ2) is 16.0. The lowest BCUT2D eigenvalue weighted by molar-refractivity contribution is 0.0735. The Kier molecular flexibility index (Phi) is 12.3. The lowest BCUT2D eigenvalue weighted by Crippen LogP contribution is -2.08. The Morgan fingerprint density at radius 3 is 1.95 bits per heavy atom. The topological polar surface area (TPSA) is 52.1 Å². The highest BCUT2D eigenvalue weighted by Gasteiger charge is 2.10. The molecule has 0 aliphatic rings. The number of benzene rings is 2. The van der Waals surface area contributed by atoms with Crippen LogP contribution >= 0.6 is 0 Å². The van der Waals surface area contributed by atoms with Gasteiger partial charge in [-0.2, -0.15) is 0 Å². The van der Waals surface area contributed by atoms with Crippen molar-refractivity contribution in [2.45, 2.75) is 97.8 Å². The summed E-state index contributed by atoms with van der Waals surface area (Å²) in [6, 6.07) is 15.1. The molecule has 1 aromatic heterocycles. The van der Waals surface area contributed by atoms with Gasteiger partial charge in [0.25, 0.3) is 0 Å².